The molecular formula is C23H27FN2O4. The first-order valence-corrected chi connectivity index (χ1v) is 10.4. The normalized spacial score (nSPS) is 24.1. The maximum Gasteiger partial charge on any atom is 0.263 e. The Balaban J connectivity index is 1.62. The first-order chi connectivity index (χ1) is 14.3. The molecule has 2 heterocycles. The quantitative estimate of drug-likeness (QED) is 0.785. The second-order valence-corrected chi connectivity index (χ2v) is 8.67. The average molecular weight is 414 g/mol. The van der Waals surface area contributed by atoms with Crippen molar-refractivity contribution in [1.82, 2.24) is 9.47 Å². The van der Waals surface area contributed by atoms with Gasteiger partial charge in [0, 0.05) is 30.7 Å². The summed E-state index contributed by atoms with van der Waals surface area (Å²) in [5.74, 6) is -0.722. The zero-order valence-corrected chi connectivity index (χ0v) is 17.1. The third-order valence-corrected chi connectivity index (χ3v) is 6.44. The molecule has 0 spiro atoms. The number of aromatic nitrogens is 1. The Morgan fingerprint density at radius 2 is 1.90 bits per heavy atom. The molecule has 1 saturated carbocycles. The molecule has 160 valence electrons. The minimum atomic E-state index is -0.968. The fraction of sp³-hybridized carbons (Fsp3) is 0.478. The van der Waals surface area contributed by atoms with Crippen molar-refractivity contribution in [1.29, 1.82) is 0 Å². The maximum absolute atomic E-state index is 13.3. The van der Waals surface area contributed by atoms with Crippen molar-refractivity contribution in [3.05, 3.63) is 69.4 Å². The van der Waals surface area contributed by atoms with Crippen LogP contribution in [0.4, 0.5) is 4.39 Å². The number of likely N-dealkylation sites (tertiary alicyclic amines) is 1. The van der Waals surface area contributed by atoms with Gasteiger partial charge in [-0.1, -0.05) is 12.1 Å². The Bertz CT molecular complexity index is 999. The van der Waals surface area contributed by atoms with Crippen LogP contribution in [0.25, 0.3) is 0 Å². The molecular weight excluding hydrogens is 387 g/mol. The number of aliphatic hydroxyl groups excluding tert-OH is 2. The third kappa shape index (κ3) is 3.79. The number of carbonyl (C=O) groups excluding carboxylic acids is 1. The van der Waals surface area contributed by atoms with Gasteiger partial charge in [-0.3, -0.25) is 9.59 Å². The zero-order valence-electron chi connectivity index (χ0n) is 17.1. The van der Waals surface area contributed by atoms with E-state index in [-0.39, 0.29) is 42.0 Å². The summed E-state index contributed by atoms with van der Waals surface area (Å²) in [7, 11) is 0. The zero-order chi connectivity index (χ0) is 21.5. The highest BCUT2D eigenvalue weighted by Crippen LogP contribution is 2.35. The standard InChI is InChI=1S/C23H27FN2O4/c1-15-8-11-26(18-6-7-18)22(30)20(15)21(29)25-10-9-19(28)23(13-25,14-27)12-16-2-4-17(24)5-3-16/h2-5,8,11,18-19,27-28H,6-7,9-10,12-14H2,1H3/t19-,23-/m0/s1. The summed E-state index contributed by atoms with van der Waals surface area (Å²) in [6.45, 7) is 1.86. The lowest BCUT2D eigenvalue weighted by molar-refractivity contribution is -0.0669. The van der Waals surface area contributed by atoms with Crippen molar-refractivity contribution in [2.75, 3.05) is 19.7 Å². The fourth-order valence-corrected chi connectivity index (χ4v) is 4.42. The number of hydrogen-bond acceptors (Lipinski definition) is 4. The van der Waals surface area contributed by atoms with Crippen LogP contribution >= 0.6 is 0 Å². The summed E-state index contributed by atoms with van der Waals surface area (Å²) in [6.07, 6.45) is 3.43. The van der Waals surface area contributed by atoms with Crippen LogP contribution in [0, 0.1) is 18.2 Å². The summed E-state index contributed by atoms with van der Waals surface area (Å²) >= 11 is 0. The largest absolute Gasteiger partial charge is 0.396 e. The number of halogens is 1. The fourth-order valence-electron chi connectivity index (χ4n) is 4.42. The highest BCUT2D eigenvalue weighted by atomic mass is 19.1. The summed E-state index contributed by atoms with van der Waals surface area (Å²) in [6, 6.07) is 7.89. The molecule has 6 nitrogen and oxygen atoms in total. The van der Waals surface area contributed by atoms with E-state index < -0.39 is 11.5 Å². The van der Waals surface area contributed by atoms with E-state index in [1.807, 2.05) is 0 Å². The number of carbonyl (C=O) groups is 1. The Kier molecular flexibility index (Phi) is 5.51. The van der Waals surface area contributed by atoms with E-state index in [9.17, 15) is 24.2 Å². The molecule has 2 fully saturated rings. The molecule has 1 saturated heterocycles. The van der Waals surface area contributed by atoms with Crippen LogP contribution in [-0.4, -0.2) is 51.4 Å². The molecule has 2 N–H and O–H groups in total. The predicted octanol–water partition coefficient (Wildman–Crippen LogP) is 2.06. The summed E-state index contributed by atoms with van der Waals surface area (Å²) in [4.78, 5) is 27.9. The molecule has 2 atom stereocenters. The van der Waals surface area contributed by atoms with Crippen LogP contribution in [0.5, 0.6) is 0 Å². The van der Waals surface area contributed by atoms with Gasteiger partial charge in [-0.15, -0.1) is 0 Å². The van der Waals surface area contributed by atoms with Gasteiger partial charge in [-0.05, 0) is 61.9 Å². The van der Waals surface area contributed by atoms with Crippen LogP contribution in [0.15, 0.2) is 41.3 Å². The van der Waals surface area contributed by atoms with Crippen LogP contribution in [0.1, 0.15) is 46.8 Å². The summed E-state index contributed by atoms with van der Waals surface area (Å²) in [5.41, 5.74) is 0.312. The Hall–Kier alpha value is -2.51. The number of pyridine rings is 1. The Morgan fingerprint density at radius 3 is 2.53 bits per heavy atom. The lowest BCUT2D eigenvalue weighted by atomic mass is 9.73. The molecule has 30 heavy (non-hydrogen) atoms. The molecule has 2 aromatic rings. The molecule has 4 rings (SSSR count). The number of aryl methyl sites for hydroxylation is 1. The van der Waals surface area contributed by atoms with Gasteiger partial charge >= 0.3 is 0 Å². The summed E-state index contributed by atoms with van der Waals surface area (Å²) < 4.78 is 14.9. The first kappa shape index (κ1) is 20.8. The van der Waals surface area contributed by atoms with Crippen LogP contribution in [0.2, 0.25) is 0 Å². The second kappa shape index (κ2) is 7.96. The molecule has 1 aliphatic carbocycles. The molecule has 0 bridgehead atoms. The van der Waals surface area contributed by atoms with E-state index in [1.54, 1.807) is 40.8 Å². The number of aliphatic hydroxyl groups is 2. The maximum atomic E-state index is 13.3. The van der Waals surface area contributed by atoms with E-state index in [0.29, 0.717) is 24.9 Å². The van der Waals surface area contributed by atoms with Gasteiger partial charge in [0.1, 0.15) is 11.4 Å². The molecule has 1 aromatic heterocycles. The predicted molar refractivity (Wildman–Crippen MR) is 110 cm³/mol. The number of hydrogen-bond donors (Lipinski definition) is 2. The molecule has 2 aliphatic rings. The van der Waals surface area contributed by atoms with Gasteiger partial charge in [0.25, 0.3) is 11.5 Å². The number of piperidine rings is 1. The molecule has 1 aliphatic heterocycles. The second-order valence-electron chi connectivity index (χ2n) is 8.67. The number of benzene rings is 1. The third-order valence-electron chi connectivity index (χ3n) is 6.44. The van der Waals surface area contributed by atoms with E-state index in [1.165, 1.54) is 12.1 Å². The van der Waals surface area contributed by atoms with Crippen molar-refractivity contribution >= 4 is 5.91 Å². The first-order valence-electron chi connectivity index (χ1n) is 10.4. The average Bonchev–Trinajstić information content (AvgIpc) is 3.56. The SMILES string of the molecule is Cc1ccn(C2CC2)c(=O)c1C(=O)N1CC[C@H](O)[C@@](CO)(Cc2ccc(F)cc2)C1. The molecule has 1 aromatic carbocycles. The summed E-state index contributed by atoms with van der Waals surface area (Å²) in [5, 5.41) is 20.9. The Morgan fingerprint density at radius 1 is 1.20 bits per heavy atom. The topological polar surface area (TPSA) is 82.8 Å². The molecule has 0 unspecified atom stereocenters. The van der Waals surface area contributed by atoms with Crippen LogP contribution in [0.3, 0.4) is 0 Å². The van der Waals surface area contributed by atoms with E-state index in [4.69, 9.17) is 0 Å². The van der Waals surface area contributed by atoms with Gasteiger partial charge < -0.3 is 19.7 Å². The van der Waals surface area contributed by atoms with E-state index in [0.717, 1.165) is 18.4 Å². The smallest absolute Gasteiger partial charge is 0.263 e. The Labute approximate surface area is 174 Å². The number of rotatable bonds is 5. The number of nitrogens with zero attached hydrogens (tertiary/aromatic N) is 2. The monoisotopic (exact) mass is 414 g/mol. The lowest BCUT2D eigenvalue weighted by Crippen LogP contribution is -2.57. The highest BCUT2D eigenvalue weighted by molar-refractivity contribution is 5.95. The molecule has 1 amide bonds. The van der Waals surface area contributed by atoms with Crippen LogP contribution in [-0.2, 0) is 6.42 Å². The van der Waals surface area contributed by atoms with Gasteiger partial charge in [0.05, 0.1) is 12.7 Å². The van der Waals surface area contributed by atoms with Crippen molar-refractivity contribution < 1.29 is 19.4 Å². The van der Waals surface area contributed by atoms with Gasteiger partial charge in [-0.2, -0.15) is 0 Å². The van der Waals surface area contributed by atoms with Crippen molar-refractivity contribution in [3.8, 4) is 0 Å². The minimum Gasteiger partial charge on any atom is -0.396 e. The van der Waals surface area contributed by atoms with Gasteiger partial charge in [0.2, 0.25) is 0 Å². The highest BCUT2D eigenvalue weighted by Gasteiger charge is 2.44. The van der Waals surface area contributed by atoms with Crippen molar-refractivity contribution in [2.24, 2.45) is 5.41 Å². The van der Waals surface area contributed by atoms with Crippen LogP contribution < -0.4 is 5.56 Å². The minimum absolute atomic E-state index is 0.123. The number of amides is 1. The van der Waals surface area contributed by atoms with Crippen molar-refractivity contribution in [2.45, 2.75) is 44.8 Å². The molecule has 0 radical (unpaired) electrons. The van der Waals surface area contributed by atoms with Gasteiger partial charge in [0.15, 0.2) is 0 Å². The van der Waals surface area contributed by atoms with Crippen molar-refractivity contribution in [3.63, 3.8) is 0 Å². The van der Waals surface area contributed by atoms with E-state index >= 15 is 0 Å². The molecule has 7 heteroatoms. The van der Waals surface area contributed by atoms with E-state index in [2.05, 4.69) is 0 Å². The van der Waals surface area contributed by atoms with Gasteiger partial charge in [-0.25, -0.2) is 4.39 Å². The lowest BCUT2D eigenvalue weighted by Gasteiger charge is -2.45.